The lowest BCUT2D eigenvalue weighted by Gasteiger charge is -2.14. The summed E-state index contributed by atoms with van der Waals surface area (Å²) in [5.41, 5.74) is 3.81. The number of nitriles is 1. The predicted octanol–water partition coefficient (Wildman–Crippen LogP) is 4.67. The summed E-state index contributed by atoms with van der Waals surface area (Å²) in [5.74, 6) is 0. The van der Waals surface area contributed by atoms with Crippen molar-refractivity contribution in [3.8, 4) is 17.2 Å². The number of thioether (sulfide) groups is 1. The van der Waals surface area contributed by atoms with Crippen molar-refractivity contribution in [1.82, 2.24) is 4.98 Å². The van der Waals surface area contributed by atoms with E-state index in [1.807, 2.05) is 36.6 Å². The SMILES string of the molecule is CCc1c(SC)nc(Br)c(C#N)c1-c1ccccc1. The fraction of sp³-hybridized carbons (Fsp3) is 0.200. The lowest BCUT2D eigenvalue weighted by molar-refractivity contribution is 0.980. The Hall–Kier alpha value is -1.31. The van der Waals surface area contributed by atoms with Crippen molar-refractivity contribution in [3.05, 3.63) is 46.1 Å². The van der Waals surface area contributed by atoms with Gasteiger partial charge in [-0.1, -0.05) is 37.3 Å². The van der Waals surface area contributed by atoms with Gasteiger partial charge in [-0.25, -0.2) is 4.98 Å². The summed E-state index contributed by atoms with van der Waals surface area (Å²) in [7, 11) is 0. The zero-order valence-electron chi connectivity index (χ0n) is 10.8. The minimum absolute atomic E-state index is 0.612. The van der Waals surface area contributed by atoms with Crippen LogP contribution < -0.4 is 0 Å². The van der Waals surface area contributed by atoms with E-state index < -0.39 is 0 Å². The topological polar surface area (TPSA) is 36.7 Å². The van der Waals surface area contributed by atoms with Crippen molar-refractivity contribution in [3.63, 3.8) is 0 Å². The minimum Gasteiger partial charge on any atom is -0.233 e. The van der Waals surface area contributed by atoms with Crippen molar-refractivity contribution in [1.29, 1.82) is 5.26 Å². The fourth-order valence-corrected chi connectivity index (χ4v) is 3.35. The Labute approximate surface area is 126 Å². The van der Waals surface area contributed by atoms with E-state index in [9.17, 15) is 5.26 Å². The molecule has 0 atom stereocenters. The van der Waals surface area contributed by atoms with Gasteiger partial charge in [0.15, 0.2) is 0 Å². The second-order valence-corrected chi connectivity index (χ2v) is 5.52. The van der Waals surface area contributed by atoms with Crippen LogP contribution in [0.3, 0.4) is 0 Å². The summed E-state index contributed by atoms with van der Waals surface area (Å²) in [6.07, 6.45) is 2.87. The van der Waals surface area contributed by atoms with Crippen LogP contribution in [-0.4, -0.2) is 11.2 Å². The van der Waals surface area contributed by atoms with Crippen LogP contribution in [0.4, 0.5) is 0 Å². The van der Waals surface area contributed by atoms with Gasteiger partial charge < -0.3 is 0 Å². The Morgan fingerprint density at radius 3 is 2.53 bits per heavy atom. The number of nitrogens with zero attached hydrogens (tertiary/aromatic N) is 2. The molecule has 96 valence electrons. The summed E-state index contributed by atoms with van der Waals surface area (Å²) in [6, 6.07) is 12.3. The second-order valence-electron chi connectivity index (χ2n) is 3.97. The maximum atomic E-state index is 9.42. The summed E-state index contributed by atoms with van der Waals surface area (Å²) < 4.78 is 0.621. The van der Waals surface area contributed by atoms with Gasteiger partial charge in [0.1, 0.15) is 15.7 Å². The highest BCUT2D eigenvalue weighted by Gasteiger charge is 2.18. The number of aromatic nitrogens is 1. The number of halogens is 1. The second kappa shape index (κ2) is 6.23. The van der Waals surface area contributed by atoms with E-state index in [-0.39, 0.29) is 0 Å². The van der Waals surface area contributed by atoms with Gasteiger partial charge in [0.05, 0.1) is 5.56 Å². The smallest absolute Gasteiger partial charge is 0.125 e. The summed E-state index contributed by atoms with van der Waals surface area (Å²) >= 11 is 5.02. The number of benzene rings is 1. The van der Waals surface area contributed by atoms with Crippen molar-refractivity contribution in [2.45, 2.75) is 18.4 Å². The molecule has 0 spiro atoms. The van der Waals surface area contributed by atoms with Gasteiger partial charge in [-0.05, 0) is 39.7 Å². The minimum atomic E-state index is 0.612. The molecule has 4 heteroatoms. The molecule has 0 aliphatic heterocycles. The first-order valence-electron chi connectivity index (χ1n) is 5.94. The summed E-state index contributed by atoms with van der Waals surface area (Å²) in [6.45, 7) is 2.10. The van der Waals surface area contributed by atoms with E-state index in [0.29, 0.717) is 10.2 Å². The first-order chi connectivity index (χ1) is 9.22. The Morgan fingerprint density at radius 1 is 1.32 bits per heavy atom. The Bertz CT molecular complexity index is 633. The molecule has 0 bridgehead atoms. The van der Waals surface area contributed by atoms with Crippen molar-refractivity contribution >= 4 is 27.7 Å². The van der Waals surface area contributed by atoms with E-state index in [4.69, 9.17) is 0 Å². The molecule has 2 rings (SSSR count). The molecule has 0 amide bonds. The Balaban J connectivity index is 2.83. The molecule has 0 saturated carbocycles. The predicted molar refractivity (Wildman–Crippen MR) is 83.2 cm³/mol. The van der Waals surface area contributed by atoms with Gasteiger partial charge >= 0.3 is 0 Å². The quantitative estimate of drug-likeness (QED) is 0.605. The first-order valence-corrected chi connectivity index (χ1v) is 7.96. The molecule has 1 aromatic heterocycles. The van der Waals surface area contributed by atoms with Crippen LogP contribution in [-0.2, 0) is 6.42 Å². The van der Waals surface area contributed by atoms with Gasteiger partial charge in [-0.15, -0.1) is 11.8 Å². The van der Waals surface area contributed by atoms with Crippen molar-refractivity contribution < 1.29 is 0 Å². The largest absolute Gasteiger partial charge is 0.233 e. The van der Waals surface area contributed by atoms with E-state index >= 15 is 0 Å². The van der Waals surface area contributed by atoms with Gasteiger partial charge in [-0.2, -0.15) is 5.26 Å². The molecule has 0 unspecified atom stereocenters. The molecule has 0 fully saturated rings. The molecule has 0 radical (unpaired) electrons. The van der Waals surface area contributed by atoms with Crippen LogP contribution in [0.1, 0.15) is 18.1 Å². The van der Waals surface area contributed by atoms with E-state index in [2.05, 4.69) is 33.9 Å². The molecular weight excluding hydrogens is 320 g/mol. The molecule has 1 heterocycles. The lowest BCUT2D eigenvalue weighted by atomic mass is 9.96. The molecule has 19 heavy (non-hydrogen) atoms. The number of hydrogen-bond donors (Lipinski definition) is 0. The normalized spacial score (nSPS) is 10.2. The zero-order chi connectivity index (χ0) is 13.8. The van der Waals surface area contributed by atoms with E-state index in [1.54, 1.807) is 11.8 Å². The van der Waals surface area contributed by atoms with Gasteiger partial charge in [0, 0.05) is 5.56 Å². The van der Waals surface area contributed by atoms with Crippen LogP contribution in [0.25, 0.3) is 11.1 Å². The number of rotatable bonds is 3. The zero-order valence-corrected chi connectivity index (χ0v) is 13.2. The number of hydrogen-bond acceptors (Lipinski definition) is 3. The average Bonchev–Trinajstić information content (AvgIpc) is 2.46. The molecule has 1 aromatic carbocycles. The van der Waals surface area contributed by atoms with Crippen LogP contribution >= 0.6 is 27.7 Å². The van der Waals surface area contributed by atoms with E-state index in [0.717, 1.165) is 28.1 Å². The molecule has 0 aliphatic rings. The monoisotopic (exact) mass is 332 g/mol. The first kappa shape index (κ1) is 14.1. The summed E-state index contributed by atoms with van der Waals surface area (Å²) in [4.78, 5) is 4.48. The Kier molecular flexibility index (Phi) is 4.62. The van der Waals surface area contributed by atoms with Crippen LogP contribution in [0.5, 0.6) is 0 Å². The molecule has 0 saturated heterocycles. The van der Waals surface area contributed by atoms with Crippen molar-refractivity contribution in [2.75, 3.05) is 6.26 Å². The standard InChI is InChI=1S/C15H13BrN2S/c1-3-11-13(10-7-5-4-6-8-10)12(9-17)14(16)18-15(11)19-2/h4-8H,3H2,1-2H3. The third kappa shape index (κ3) is 2.68. The van der Waals surface area contributed by atoms with Crippen LogP contribution in [0.2, 0.25) is 0 Å². The molecule has 2 aromatic rings. The fourth-order valence-electron chi connectivity index (χ4n) is 2.10. The third-order valence-corrected chi connectivity index (χ3v) is 4.24. The van der Waals surface area contributed by atoms with Crippen LogP contribution in [0.15, 0.2) is 40.0 Å². The average molecular weight is 333 g/mol. The number of pyridine rings is 1. The highest BCUT2D eigenvalue weighted by molar-refractivity contribution is 9.10. The van der Waals surface area contributed by atoms with Gasteiger partial charge in [0.25, 0.3) is 0 Å². The van der Waals surface area contributed by atoms with Crippen molar-refractivity contribution in [2.24, 2.45) is 0 Å². The molecule has 0 N–H and O–H groups in total. The molecule has 2 nitrogen and oxygen atoms in total. The van der Waals surface area contributed by atoms with E-state index in [1.165, 1.54) is 0 Å². The lowest BCUT2D eigenvalue weighted by Crippen LogP contribution is -2.00. The highest BCUT2D eigenvalue weighted by Crippen LogP contribution is 2.36. The highest BCUT2D eigenvalue weighted by atomic mass is 79.9. The molecule has 0 aliphatic carbocycles. The summed E-state index contributed by atoms with van der Waals surface area (Å²) in [5, 5.41) is 10.4. The maximum Gasteiger partial charge on any atom is 0.125 e. The third-order valence-electron chi connectivity index (χ3n) is 2.94. The maximum absolute atomic E-state index is 9.42. The Morgan fingerprint density at radius 2 is 2.00 bits per heavy atom. The molecular formula is C15H13BrN2S. The van der Waals surface area contributed by atoms with Gasteiger partial charge in [-0.3, -0.25) is 0 Å². The van der Waals surface area contributed by atoms with Crippen LogP contribution in [0, 0.1) is 11.3 Å². The van der Waals surface area contributed by atoms with Gasteiger partial charge in [0.2, 0.25) is 0 Å².